The summed E-state index contributed by atoms with van der Waals surface area (Å²) in [5.74, 6) is 0.445. The Bertz CT molecular complexity index is 1010. The lowest BCUT2D eigenvalue weighted by Crippen LogP contribution is -2.40. The number of morpholine rings is 1. The second-order valence-electron chi connectivity index (χ2n) is 8.28. The highest BCUT2D eigenvalue weighted by atomic mass is 32.2. The number of amides is 1. The van der Waals surface area contributed by atoms with Crippen molar-refractivity contribution in [1.29, 1.82) is 0 Å². The molecule has 1 aromatic carbocycles. The van der Waals surface area contributed by atoms with Crippen molar-refractivity contribution in [1.82, 2.24) is 14.6 Å². The number of rotatable bonds is 6. The Balaban J connectivity index is 1.28. The summed E-state index contributed by atoms with van der Waals surface area (Å²) >= 11 is 0. The van der Waals surface area contributed by atoms with E-state index in [1.54, 1.807) is 18.3 Å². The first-order valence-electron chi connectivity index (χ1n) is 11.0. The maximum absolute atomic E-state index is 12.7. The van der Waals surface area contributed by atoms with Gasteiger partial charge < -0.3 is 14.8 Å². The second-order valence-corrected chi connectivity index (χ2v) is 10.2. The number of sulfonamides is 1. The standard InChI is InChI=1S/C23H29N3O5S/c1-17-2-11-22(24-16-17)31-20-7-5-19(6-8-20)25-23(27)18-3-9-21(10-4-18)32(28,29)26-12-14-30-15-13-26/h2-4,9-11,16,19-20H,5-8,12-15H2,1H3,(H,25,27). The van der Waals surface area contributed by atoms with E-state index in [1.165, 1.54) is 16.4 Å². The number of nitrogens with one attached hydrogen (secondary N) is 1. The summed E-state index contributed by atoms with van der Waals surface area (Å²) in [6.45, 7) is 3.47. The van der Waals surface area contributed by atoms with Gasteiger partial charge >= 0.3 is 0 Å². The van der Waals surface area contributed by atoms with Crippen LogP contribution in [-0.4, -0.2) is 62.1 Å². The molecule has 2 heterocycles. The molecule has 2 fully saturated rings. The van der Waals surface area contributed by atoms with Crippen LogP contribution in [0.1, 0.15) is 41.6 Å². The van der Waals surface area contributed by atoms with Gasteiger partial charge in [-0.2, -0.15) is 4.31 Å². The van der Waals surface area contributed by atoms with E-state index in [9.17, 15) is 13.2 Å². The van der Waals surface area contributed by atoms with Gasteiger partial charge in [0.15, 0.2) is 0 Å². The monoisotopic (exact) mass is 459 g/mol. The number of hydrogen-bond donors (Lipinski definition) is 1. The summed E-state index contributed by atoms with van der Waals surface area (Å²) in [7, 11) is -3.56. The minimum absolute atomic E-state index is 0.0742. The maximum atomic E-state index is 12.7. The zero-order chi connectivity index (χ0) is 22.6. The Morgan fingerprint density at radius 3 is 2.38 bits per heavy atom. The molecule has 1 aliphatic heterocycles. The summed E-state index contributed by atoms with van der Waals surface area (Å²) in [6, 6.07) is 10.1. The molecule has 8 nitrogen and oxygen atoms in total. The molecule has 2 aromatic rings. The van der Waals surface area contributed by atoms with Crippen LogP contribution in [0.5, 0.6) is 5.88 Å². The van der Waals surface area contributed by atoms with Gasteiger partial charge in [0, 0.05) is 37.0 Å². The fourth-order valence-electron chi connectivity index (χ4n) is 4.00. The lowest BCUT2D eigenvalue weighted by Gasteiger charge is -2.29. The van der Waals surface area contributed by atoms with Crippen LogP contribution in [0, 0.1) is 6.92 Å². The number of aromatic nitrogens is 1. The predicted molar refractivity (Wildman–Crippen MR) is 119 cm³/mol. The van der Waals surface area contributed by atoms with E-state index in [0.29, 0.717) is 37.7 Å². The first-order valence-corrected chi connectivity index (χ1v) is 12.4. The molecule has 1 saturated heterocycles. The van der Waals surface area contributed by atoms with Gasteiger partial charge in [-0.3, -0.25) is 4.79 Å². The van der Waals surface area contributed by atoms with Gasteiger partial charge in [0.2, 0.25) is 15.9 Å². The van der Waals surface area contributed by atoms with E-state index in [1.807, 2.05) is 19.1 Å². The Morgan fingerprint density at radius 1 is 1.06 bits per heavy atom. The molecule has 0 bridgehead atoms. The average Bonchev–Trinajstić information content (AvgIpc) is 2.82. The molecule has 9 heteroatoms. The molecule has 2 aliphatic rings. The van der Waals surface area contributed by atoms with Gasteiger partial charge in [-0.15, -0.1) is 0 Å². The molecule has 1 aliphatic carbocycles. The summed E-state index contributed by atoms with van der Waals surface area (Å²) < 4.78 is 38.0. The largest absolute Gasteiger partial charge is 0.474 e. The van der Waals surface area contributed by atoms with Crippen LogP contribution in [0.25, 0.3) is 0 Å². The summed E-state index contributed by atoms with van der Waals surface area (Å²) in [5, 5.41) is 3.06. The summed E-state index contributed by atoms with van der Waals surface area (Å²) in [4.78, 5) is 17.1. The van der Waals surface area contributed by atoms with Crippen LogP contribution >= 0.6 is 0 Å². The molecule has 32 heavy (non-hydrogen) atoms. The highest BCUT2D eigenvalue weighted by Gasteiger charge is 2.27. The van der Waals surface area contributed by atoms with Gasteiger partial charge in [-0.05, 0) is 62.4 Å². The van der Waals surface area contributed by atoms with Gasteiger partial charge in [-0.25, -0.2) is 13.4 Å². The number of carbonyl (C=O) groups is 1. The van der Waals surface area contributed by atoms with Crippen molar-refractivity contribution in [3.8, 4) is 5.88 Å². The van der Waals surface area contributed by atoms with E-state index in [4.69, 9.17) is 9.47 Å². The Labute approximate surface area is 189 Å². The number of carbonyl (C=O) groups excluding carboxylic acids is 1. The molecular weight excluding hydrogens is 430 g/mol. The van der Waals surface area contributed by atoms with E-state index < -0.39 is 10.0 Å². The summed E-state index contributed by atoms with van der Waals surface area (Å²) in [6.07, 6.45) is 5.23. The average molecular weight is 460 g/mol. The van der Waals surface area contributed by atoms with E-state index in [2.05, 4.69) is 10.3 Å². The predicted octanol–water partition coefficient (Wildman–Crippen LogP) is 2.53. The Kier molecular flexibility index (Phi) is 7.07. The third kappa shape index (κ3) is 5.46. The molecule has 4 rings (SSSR count). The maximum Gasteiger partial charge on any atom is 0.251 e. The highest BCUT2D eigenvalue weighted by molar-refractivity contribution is 7.89. The number of ether oxygens (including phenoxy) is 2. The van der Waals surface area contributed by atoms with Crippen molar-refractivity contribution < 1.29 is 22.7 Å². The topological polar surface area (TPSA) is 97.8 Å². The Morgan fingerprint density at radius 2 is 1.75 bits per heavy atom. The lowest BCUT2D eigenvalue weighted by molar-refractivity contribution is 0.0730. The van der Waals surface area contributed by atoms with Crippen molar-refractivity contribution in [2.45, 2.75) is 49.6 Å². The minimum Gasteiger partial charge on any atom is -0.474 e. The van der Waals surface area contributed by atoms with Crippen LogP contribution in [0.4, 0.5) is 0 Å². The van der Waals surface area contributed by atoms with Crippen LogP contribution < -0.4 is 10.1 Å². The lowest BCUT2D eigenvalue weighted by atomic mass is 9.92. The van der Waals surface area contributed by atoms with Crippen LogP contribution in [0.2, 0.25) is 0 Å². The van der Waals surface area contributed by atoms with Crippen LogP contribution in [-0.2, 0) is 14.8 Å². The van der Waals surface area contributed by atoms with E-state index in [-0.39, 0.29) is 22.9 Å². The van der Waals surface area contributed by atoms with E-state index in [0.717, 1.165) is 31.2 Å². The normalized spacial score (nSPS) is 22.3. The second kappa shape index (κ2) is 9.97. The van der Waals surface area contributed by atoms with E-state index >= 15 is 0 Å². The van der Waals surface area contributed by atoms with Crippen molar-refractivity contribution in [2.24, 2.45) is 0 Å². The third-order valence-electron chi connectivity index (χ3n) is 5.91. The molecule has 172 valence electrons. The first-order chi connectivity index (χ1) is 15.4. The molecule has 0 spiro atoms. The number of hydrogen-bond acceptors (Lipinski definition) is 6. The molecule has 1 amide bonds. The molecule has 0 atom stereocenters. The van der Waals surface area contributed by atoms with Gasteiger partial charge in [-0.1, -0.05) is 6.07 Å². The molecule has 0 unspecified atom stereocenters. The highest BCUT2D eigenvalue weighted by Crippen LogP contribution is 2.24. The first kappa shape index (κ1) is 22.7. The molecular formula is C23H29N3O5S. The van der Waals surface area contributed by atoms with Crippen LogP contribution in [0.3, 0.4) is 0 Å². The number of nitrogens with zero attached hydrogens (tertiary/aromatic N) is 2. The Hall–Kier alpha value is -2.49. The van der Waals surface area contributed by atoms with Gasteiger partial charge in [0.25, 0.3) is 5.91 Å². The van der Waals surface area contributed by atoms with Gasteiger partial charge in [0.1, 0.15) is 6.10 Å². The number of aryl methyl sites for hydroxylation is 1. The number of pyridine rings is 1. The molecule has 1 aromatic heterocycles. The van der Waals surface area contributed by atoms with Crippen LogP contribution in [0.15, 0.2) is 47.5 Å². The quantitative estimate of drug-likeness (QED) is 0.713. The molecule has 1 N–H and O–H groups in total. The zero-order valence-electron chi connectivity index (χ0n) is 18.2. The van der Waals surface area contributed by atoms with Gasteiger partial charge in [0.05, 0.1) is 18.1 Å². The van der Waals surface area contributed by atoms with Crippen molar-refractivity contribution in [3.63, 3.8) is 0 Å². The SMILES string of the molecule is Cc1ccc(OC2CCC(NC(=O)c3ccc(S(=O)(=O)N4CCOCC4)cc3)CC2)nc1. The zero-order valence-corrected chi connectivity index (χ0v) is 19.0. The van der Waals surface area contributed by atoms with Crippen molar-refractivity contribution in [2.75, 3.05) is 26.3 Å². The smallest absolute Gasteiger partial charge is 0.251 e. The number of benzene rings is 1. The summed E-state index contributed by atoms with van der Waals surface area (Å²) in [5.41, 5.74) is 1.55. The third-order valence-corrected chi connectivity index (χ3v) is 7.82. The minimum atomic E-state index is -3.56. The fourth-order valence-corrected chi connectivity index (χ4v) is 5.41. The molecule has 1 saturated carbocycles. The fraction of sp³-hybridized carbons (Fsp3) is 0.478. The van der Waals surface area contributed by atoms with Crippen molar-refractivity contribution in [3.05, 3.63) is 53.7 Å². The molecule has 0 radical (unpaired) electrons. The van der Waals surface area contributed by atoms with Crippen molar-refractivity contribution >= 4 is 15.9 Å².